The molecular formula is C16H33N3O. The second-order valence-electron chi connectivity index (χ2n) is 6.92. The summed E-state index contributed by atoms with van der Waals surface area (Å²) < 4.78 is 0. The van der Waals surface area contributed by atoms with Crippen LogP contribution in [-0.4, -0.2) is 23.6 Å². The van der Waals surface area contributed by atoms with E-state index in [0.29, 0.717) is 5.84 Å². The third-order valence-electron chi connectivity index (χ3n) is 4.82. The average molecular weight is 283 g/mol. The maximum Gasteiger partial charge on any atom is 0.144 e. The topological polar surface area (TPSA) is 70.6 Å². The van der Waals surface area contributed by atoms with Crippen molar-refractivity contribution in [3.63, 3.8) is 0 Å². The lowest BCUT2D eigenvalue weighted by atomic mass is 9.84. The highest BCUT2D eigenvalue weighted by molar-refractivity contribution is 5.85. The molecule has 1 aliphatic rings. The molecule has 4 N–H and O–H groups in total. The quantitative estimate of drug-likeness (QED) is 0.210. The number of rotatable bonds is 8. The van der Waals surface area contributed by atoms with Gasteiger partial charge in [-0.1, -0.05) is 51.6 Å². The number of unbranched alkanes of at least 4 members (excludes halogenated alkanes) is 1. The molecule has 118 valence electrons. The first-order valence-electron chi connectivity index (χ1n) is 8.21. The number of nitrogens with one attached hydrogen (secondary N) is 1. The molecule has 0 aromatic rings. The zero-order chi connectivity index (χ0) is 15.0. The van der Waals surface area contributed by atoms with Gasteiger partial charge in [0.1, 0.15) is 5.84 Å². The molecule has 2 unspecified atom stereocenters. The lowest BCUT2D eigenvalue weighted by Gasteiger charge is -2.29. The van der Waals surface area contributed by atoms with E-state index in [1.54, 1.807) is 0 Å². The highest BCUT2D eigenvalue weighted by Gasteiger charge is 2.23. The predicted octanol–water partition coefficient (Wildman–Crippen LogP) is 3.49. The normalized spacial score (nSPS) is 24.9. The monoisotopic (exact) mass is 283 g/mol. The lowest BCUT2D eigenvalue weighted by molar-refractivity contribution is 0.277. The van der Waals surface area contributed by atoms with Crippen LogP contribution in [-0.2, 0) is 0 Å². The fourth-order valence-corrected chi connectivity index (χ4v) is 3.11. The Balaban J connectivity index is 2.13. The smallest absolute Gasteiger partial charge is 0.144 e. The van der Waals surface area contributed by atoms with E-state index in [1.807, 2.05) is 13.8 Å². The van der Waals surface area contributed by atoms with Crippen molar-refractivity contribution >= 4 is 5.84 Å². The van der Waals surface area contributed by atoms with E-state index < -0.39 is 0 Å². The number of nitrogens with zero attached hydrogens (tertiary/aromatic N) is 1. The van der Waals surface area contributed by atoms with Gasteiger partial charge in [-0.3, -0.25) is 0 Å². The Bertz CT molecular complexity index is 302. The standard InChI is InChI=1S/C16H33N3O/c1-4-13-8-7-9-14(12-13)18-11-6-5-10-16(2,3)15(17)19-20/h13-14,18,20H,4-12H2,1-3H3,(H2,17,19). The van der Waals surface area contributed by atoms with Crippen LogP contribution in [0.25, 0.3) is 0 Å². The summed E-state index contributed by atoms with van der Waals surface area (Å²) in [6.07, 6.45) is 10.1. The third-order valence-corrected chi connectivity index (χ3v) is 4.82. The van der Waals surface area contributed by atoms with Crippen LogP contribution in [0.5, 0.6) is 0 Å². The van der Waals surface area contributed by atoms with Gasteiger partial charge >= 0.3 is 0 Å². The van der Waals surface area contributed by atoms with Gasteiger partial charge in [-0.2, -0.15) is 0 Å². The van der Waals surface area contributed by atoms with Crippen LogP contribution in [0.1, 0.15) is 72.1 Å². The second-order valence-corrected chi connectivity index (χ2v) is 6.92. The van der Waals surface area contributed by atoms with Crippen molar-refractivity contribution in [3.8, 4) is 0 Å². The largest absolute Gasteiger partial charge is 0.409 e. The van der Waals surface area contributed by atoms with Gasteiger partial charge in [0.2, 0.25) is 0 Å². The first kappa shape index (κ1) is 17.3. The van der Waals surface area contributed by atoms with Crippen molar-refractivity contribution in [1.82, 2.24) is 5.32 Å². The Labute approximate surface area is 124 Å². The van der Waals surface area contributed by atoms with Gasteiger partial charge in [0.15, 0.2) is 0 Å². The fraction of sp³-hybridized carbons (Fsp3) is 0.938. The van der Waals surface area contributed by atoms with E-state index in [0.717, 1.165) is 37.8 Å². The first-order valence-corrected chi connectivity index (χ1v) is 8.21. The highest BCUT2D eigenvalue weighted by Crippen LogP contribution is 2.27. The Morgan fingerprint density at radius 1 is 1.35 bits per heavy atom. The van der Waals surface area contributed by atoms with Crippen molar-refractivity contribution in [2.75, 3.05) is 6.54 Å². The molecule has 4 heteroatoms. The van der Waals surface area contributed by atoms with Crippen LogP contribution in [0.3, 0.4) is 0 Å². The second kappa shape index (κ2) is 8.50. The molecule has 2 atom stereocenters. The zero-order valence-corrected chi connectivity index (χ0v) is 13.5. The Hall–Kier alpha value is -0.770. The third kappa shape index (κ3) is 5.70. The Morgan fingerprint density at radius 3 is 2.75 bits per heavy atom. The van der Waals surface area contributed by atoms with Gasteiger partial charge in [0.25, 0.3) is 0 Å². The van der Waals surface area contributed by atoms with Gasteiger partial charge < -0.3 is 16.3 Å². The fourth-order valence-electron chi connectivity index (χ4n) is 3.11. The predicted molar refractivity (Wildman–Crippen MR) is 85.1 cm³/mol. The Kier molecular flexibility index (Phi) is 7.35. The maximum atomic E-state index is 8.74. The summed E-state index contributed by atoms with van der Waals surface area (Å²) in [4.78, 5) is 0. The number of oxime groups is 1. The molecule has 0 aromatic heterocycles. The number of nitrogens with two attached hydrogens (primary N) is 1. The zero-order valence-electron chi connectivity index (χ0n) is 13.5. The van der Waals surface area contributed by atoms with Crippen molar-refractivity contribution < 1.29 is 5.21 Å². The van der Waals surface area contributed by atoms with Gasteiger partial charge in [-0.25, -0.2) is 0 Å². The Morgan fingerprint density at radius 2 is 2.10 bits per heavy atom. The van der Waals surface area contributed by atoms with Crippen LogP contribution in [0.15, 0.2) is 5.16 Å². The van der Waals surface area contributed by atoms with Gasteiger partial charge in [0.05, 0.1) is 0 Å². The van der Waals surface area contributed by atoms with Crippen LogP contribution in [0, 0.1) is 11.3 Å². The van der Waals surface area contributed by atoms with E-state index in [4.69, 9.17) is 10.9 Å². The SMILES string of the molecule is CCC1CCCC(NCCCCC(C)(C)C(N)=NO)C1. The molecule has 1 fully saturated rings. The lowest BCUT2D eigenvalue weighted by Crippen LogP contribution is -2.35. The summed E-state index contributed by atoms with van der Waals surface area (Å²) in [7, 11) is 0. The molecule has 0 spiro atoms. The average Bonchev–Trinajstić information content (AvgIpc) is 2.46. The molecule has 0 bridgehead atoms. The summed E-state index contributed by atoms with van der Waals surface area (Å²) >= 11 is 0. The molecule has 20 heavy (non-hydrogen) atoms. The molecule has 0 radical (unpaired) electrons. The molecule has 0 heterocycles. The number of amidine groups is 1. The van der Waals surface area contributed by atoms with Gasteiger partial charge in [-0.15, -0.1) is 0 Å². The van der Waals surface area contributed by atoms with Crippen molar-refractivity contribution in [1.29, 1.82) is 0 Å². The van der Waals surface area contributed by atoms with Crippen LogP contribution >= 0.6 is 0 Å². The summed E-state index contributed by atoms with van der Waals surface area (Å²) in [5.74, 6) is 1.27. The molecule has 0 aromatic carbocycles. The number of hydrogen-bond acceptors (Lipinski definition) is 3. The summed E-state index contributed by atoms with van der Waals surface area (Å²) in [5.41, 5.74) is 5.50. The molecular weight excluding hydrogens is 250 g/mol. The summed E-state index contributed by atoms with van der Waals surface area (Å²) in [6.45, 7) is 7.46. The summed E-state index contributed by atoms with van der Waals surface area (Å²) in [6, 6.07) is 0.728. The molecule has 0 saturated heterocycles. The van der Waals surface area contributed by atoms with Crippen molar-refractivity contribution in [2.45, 2.75) is 78.2 Å². The minimum absolute atomic E-state index is 0.201. The van der Waals surface area contributed by atoms with Crippen LogP contribution < -0.4 is 11.1 Å². The van der Waals surface area contributed by atoms with E-state index >= 15 is 0 Å². The van der Waals surface area contributed by atoms with Gasteiger partial charge in [0, 0.05) is 11.5 Å². The molecule has 0 aliphatic heterocycles. The van der Waals surface area contributed by atoms with Crippen molar-refractivity contribution in [3.05, 3.63) is 0 Å². The van der Waals surface area contributed by atoms with E-state index in [1.165, 1.54) is 32.1 Å². The van der Waals surface area contributed by atoms with Crippen LogP contribution in [0.4, 0.5) is 0 Å². The molecule has 0 amide bonds. The molecule has 1 aliphatic carbocycles. The first-order chi connectivity index (χ1) is 9.49. The van der Waals surface area contributed by atoms with Crippen molar-refractivity contribution in [2.24, 2.45) is 22.2 Å². The van der Waals surface area contributed by atoms with E-state index in [9.17, 15) is 0 Å². The van der Waals surface area contributed by atoms with E-state index in [2.05, 4.69) is 17.4 Å². The summed E-state index contributed by atoms with van der Waals surface area (Å²) in [5, 5.41) is 15.6. The molecule has 1 rings (SSSR count). The number of hydrogen-bond donors (Lipinski definition) is 3. The maximum absolute atomic E-state index is 8.74. The minimum atomic E-state index is -0.201. The van der Waals surface area contributed by atoms with E-state index in [-0.39, 0.29) is 5.41 Å². The highest BCUT2D eigenvalue weighted by atomic mass is 16.4. The van der Waals surface area contributed by atoms with Gasteiger partial charge in [-0.05, 0) is 38.1 Å². The molecule has 1 saturated carbocycles. The minimum Gasteiger partial charge on any atom is -0.409 e. The van der Waals surface area contributed by atoms with Crippen LogP contribution in [0.2, 0.25) is 0 Å². The molecule has 4 nitrogen and oxygen atoms in total.